The highest BCUT2D eigenvalue weighted by Gasteiger charge is 2.39. The Kier molecular flexibility index (Phi) is 8.44. The van der Waals surface area contributed by atoms with Gasteiger partial charge in [-0.15, -0.1) is 0 Å². The number of methoxy groups -OCH3 is 1. The molecule has 0 amide bonds. The van der Waals surface area contributed by atoms with E-state index in [0.717, 1.165) is 25.7 Å². The molecule has 1 saturated carbocycles. The molecule has 2 heterocycles. The van der Waals surface area contributed by atoms with Crippen molar-refractivity contribution in [3.05, 3.63) is 57.7 Å². The Labute approximate surface area is 249 Å². The molecule has 11 nitrogen and oxygen atoms in total. The second-order valence-electron chi connectivity index (χ2n) is 11.3. The average molecular weight is 613 g/mol. The number of nitro benzene ring substituents is 1. The Hall–Kier alpha value is -3.69. The van der Waals surface area contributed by atoms with Crippen LogP contribution < -0.4 is 25.6 Å². The zero-order valence-corrected chi connectivity index (χ0v) is 25.5. The molecule has 2 N–H and O–H groups in total. The molecule has 5 rings (SSSR count). The fourth-order valence-electron chi connectivity index (χ4n) is 5.82. The monoisotopic (exact) mass is 612 g/mol. The lowest BCUT2D eigenvalue weighted by atomic mass is 9.68. The van der Waals surface area contributed by atoms with Gasteiger partial charge in [-0.1, -0.05) is 23.7 Å². The number of nitrogens with one attached hydrogen (secondary N) is 2. The molecular weight excluding hydrogens is 579 g/mol. The van der Waals surface area contributed by atoms with Crippen LogP contribution in [0.5, 0.6) is 5.75 Å². The SMILES string of the molecule is COc1cc(N2CCC3(CCC(=O)CC3)CC2)c([N+](=O)[O-])cc1Nc1ncc(Cl)c(Nc2ccccc2P(C)(C)=O)n1. The summed E-state index contributed by atoms with van der Waals surface area (Å²) < 4.78 is 18.4. The lowest BCUT2D eigenvalue weighted by Crippen LogP contribution is -2.42. The Balaban J connectivity index is 1.40. The van der Waals surface area contributed by atoms with Crippen LogP contribution in [-0.2, 0) is 9.36 Å². The number of halogens is 1. The number of Topliss-reactive ketones (excluding diaryl/α,β-unsaturated/α-hetero) is 1. The number of para-hydroxylation sites is 1. The molecule has 2 aliphatic rings. The van der Waals surface area contributed by atoms with Gasteiger partial charge in [0.1, 0.15) is 29.4 Å². The van der Waals surface area contributed by atoms with Crippen molar-refractivity contribution in [1.82, 2.24) is 9.97 Å². The fraction of sp³-hybridized carbons (Fsp3) is 0.414. The number of hydrogen-bond acceptors (Lipinski definition) is 10. The van der Waals surface area contributed by atoms with E-state index in [1.807, 2.05) is 17.0 Å². The van der Waals surface area contributed by atoms with E-state index in [0.29, 0.717) is 59.8 Å². The molecule has 1 aliphatic carbocycles. The van der Waals surface area contributed by atoms with Gasteiger partial charge in [0.2, 0.25) is 5.95 Å². The summed E-state index contributed by atoms with van der Waals surface area (Å²) in [4.78, 5) is 34.3. The van der Waals surface area contributed by atoms with Gasteiger partial charge in [-0.25, -0.2) is 4.98 Å². The van der Waals surface area contributed by atoms with Gasteiger partial charge in [-0.2, -0.15) is 4.98 Å². The summed E-state index contributed by atoms with van der Waals surface area (Å²) in [5.41, 5.74) is 1.51. The Morgan fingerprint density at radius 1 is 1.07 bits per heavy atom. The lowest BCUT2D eigenvalue weighted by molar-refractivity contribution is -0.384. The van der Waals surface area contributed by atoms with E-state index in [9.17, 15) is 19.5 Å². The van der Waals surface area contributed by atoms with Crippen molar-refractivity contribution in [2.45, 2.75) is 38.5 Å². The number of nitrogens with zero attached hydrogens (tertiary/aromatic N) is 4. The average Bonchev–Trinajstić information content (AvgIpc) is 2.96. The van der Waals surface area contributed by atoms with Crippen molar-refractivity contribution in [2.75, 3.05) is 49.1 Å². The summed E-state index contributed by atoms with van der Waals surface area (Å²) in [5, 5.41) is 19.3. The number of benzene rings is 2. The van der Waals surface area contributed by atoms with Gasteiger partial charge < -0.3 is 24.8 Å². The van der Waals surface area contributed by atoms with Crippen molar-refractivity contribution in [2.24, 2.45) is 5.41 Å². The van der Waals surface area contributed by atoms with Crippen LogP contribution in [-0.4, -0.2) is 54.2 Å². The van der Waals surface area contributed by atoms with Crippen LogP contribution in [0.25, 0.3) is 0 Å². The van der Waals surface area contributed by atoms with Gasteiger partial charge >= 0.3 is 0 Å². The van der Waals surface area contributed by atoms with Crippen LogP contribution in [0.4, 0.5) is 34.5 Å². The quantitative estimate of drug-likeness (QED) is 0.164. The van der Waals surface area contributed by atoms with Crippen LogP contribution >= 0.6 is 18.7 Å². The van der Waals surface area contributed by atoms with Crippen LogP contribution in [0.15, 0.2) is 42.6 Å². The molecule has 1 aliphatic heterocycles. The van der Waals surface area contributed by atoms with Crippen molar-refractivity contribution in [1.29, 1.82) is 0 Å². The van der Waals surface area contributed by atoms with Gasteiger partial charge in [0.15, 0.2) is 5.82 Å². The minimum absolute atomic E-state index is 0.0593. The van der Waals surface area contributed by atoms with E-state index in [4.69, 9.17) is 16.3 Å². The molecule has 0 atom stereocenters. The number of hydrogen-bond donors (Lipinski definition) is 2. The normalized spacial score (nSPS) is 16.8. The zero-order chi connectivity index (χ0) is 30.1. The molecule has 2 fully saturated rings. The maximum Gasteiger partial charge on any atom is 0.294 e. The molecule has 222 valence electrons. The topological polar surface area (TPSA) is 140 Å². The van der Waals surface area contributed by atoms with Gasteiger partial charge in [0.05, 0.1) is 29.6 Å². The number of ether oxygens (including phenoxy) is 1. The maximum atomic E-state index is 12.8. The molecule has 1 aromatic heterocycles. The van der Waals surface area contributed by atoms with Crippen molar-refractivity contribution in [3.63, 3.8) is 0 Å². The number of aromatic nitrogens is 2. The number of anilines is 5. The molecule has 0 bridgehead atoms. The van der Waals surface area contributed by atoms with E-state index in [1.165, 1.54) is 19.4 Å². The predicted molar refractivity (Wildman–Crippen MR) is 166 cm³/mol. The molecule has 2 aromatic carbocycles. The molecule has 3 aromatic rings. The number of nitro groups is 1. The third-order valence-electron chi connectivity index (χ3n) is 8.25. The molecule has 42 heavy (non-hydrogen) atoms. The van der Waals surface area contributed by atoms with E-state index >= 15 is 0 Å². The number of rotatable bonds is 8. The lowest BCUT2D eigenvalue weighted by Gasteiger charge is -2.44. The number of carbonyl (C=O) groups excluding carboxylic acids is 1. The highest BCUT2D eigenvalue weighted by Crippen LogP contribution is 2.47. The first-order chi connectivity index (χ1) is 20.0. The van der Waals surface area contributed by atoms with Crippen molar-refractivity contribution in [3.8, 4) is 5.75 Å². The van der Waals surface area contributed by atoms with E-state index in [1.54, 1.807) is 31.5 Å². The Morgan fingerprint density at radius 3 is 2.40 bits per heavy atom. The number of piperidine rings is 1. The van der Waals surface area contributed by atoms with Crippen LogP contribution in [0.3, 0.4) is 0 Å². The van der Waals surface area contributed by atoms with Crippen LogP contribution in [0, 0.1) is 15.5 Å². The molecular formula is C29H34ClN6O5P. The van der Waals surface area contributed by atoms with E-state index in [2.05, 4.69) is 20.6 Å². The Bertz CT molecular complexity index is 1560. The molecule has 0 unspecified atom stereocenters. The molecule has 0 radical (unpaired) electrons. The minimum Gasteiger partial charge on any atom is -0.494 e. The molecule has 1 saturated heterocycles. The third-order valence-corrected chi connectivity index (χ3v) is 10.1. The molecule has 1 spiro atoms. The van der Waals surface area contributed by atoms with Crippen molar-refractivity contribution >= 4 is 64.3 Å². The Morgan fingerprint density at radius 2 is 1.76 bits per heavy atom. The maximum absolute atomic E-state index is 12.8. The van der Waals surface area contributed by atoms with Crippen molar-refractivity contribution < 1.29 is 19.0 Å². The summed E-state index contributed by atoms with van der Waals surface area (Å²) in [6, 6.07) is 10.3. The predicted octanol–water partition coefficient (Wildman–Crippen LogP) is 6.51. The second-order valence-corrected chi connectivity index (χ2v) is 14.9. The highest BCUT2D eigenvalue weighted by molar-refractivity contribution is 7.70. The number of carbonyl (C=O) groups is 1. The highest BCUT2D eigenvalue weighted by atomic mass is 35.5. The summed E-state index contributed by atoms with van der Waals surface area (Å²) in [6.45, 7) is 4.71. The van der Waals surface area contributed by atoms with Gasteiger partial charge in [0.25, 0.3) is 5.69 Å². The first-order valence-corrected chi connectivity index (χ1v) is 16.8. The zero-order valence-electron chi connectivity index (χ0n) is 23.9. The third kappa shape index (κ3) is 6.37. The first kappa shape index (κ1) is 29.8. The summed E-state index contributed by atoms with van der Waals surface area (Å²) in [6.07, 6.45) is 6.25. The summed E-state index contributed by atoms with van der Waals surface area (Å²) in [5.74, 6) is 1.15. The smallest absolute Gasteiger partial charge is 0.294 e. The van der Waals surface area contributed by atoms with Gasteiger partial charge in [-0.05, 0) is 56.6 Å². The standard InChI is InChI=1S/C29H34ClN6O5P/c1-41-25-17-23(35-14-12-29(13-15-35)10-8-19(37)9-11-29)24(36(38)39)16-22(25)33-28-31-18-20(30)27(34-28)32-21-6-4-5-7-26(21)42(2,3)40/h4-7,16-18H,8-15H2,1-3H3,(H2,31,32,33,34). The largest absolute Gasteiger partial charge is 0.494 e. The van der Waals surface area contributed by atoms with Crippen LogP contribution in [0.2, 0.25) is 5.02 Å². The fourth-order valence-corrected chi connectivity index (χ4v) is 7.11. The molecule has 13 heteroatoms. The summed E-state index contributed by atoms with van der Waals surface area (Å²) >= 11 is 6.39. The first-order valence-electron chi connectivity index (χ1n) is 13.8. The van der Waals surface area contributed by atoms with Gasteiger partial charge in [0, 0.05) is 43.4 Å². The van der Waals surface area contributed by atoms with E-state index in [-0.39, 0.29) is 27.9 Å². The van der Waals surface area contributed by atoms with Crippen LogP contribution in [0.1, 0.15) is 38.5 Å². The number of ketones is 1. The second kappa shape index (κ2) is 11.9. The van der Waals surface area contributed by atoms with Gasteiger partial charge in [-0.3, -0.25) is 14.9 Å². The minimum atomic E-state index is -2.59. The summed E-state index contributed by atoms with van der Waals surface area (Å²) in [7, 11) is -1.09. The van der Waals surface area contributed by atoms with E-state index < -0.39 is 12.1 Å².